The number of hydrogen-bond donors (Lipinski definition) is 2. The molecule has 0 spiro atoms. The van der Waals surface area contributed by atoms with Gasteiger partial charge in [0.25, 0.3) is 0 Å². The summed E-state index contributed by atoms with van der Waals surface area (Å²) in [6.45, 7) is 1.93. The molecule has 1 aliphatic rings. The van der Waals surface area contributed by atoms with E-state index in [2.05, 4.69) is 97.1 Å². The van der Waals surface area contributed by atoms with Gasteiger partial charge < -0.3 is 11.1 Å². The topological polar surface area (TPSA) is 88.5 Å². The van der Waals surface area contributed by atoms with E-state index in [-0.39, 0.29) is 0 Å². The monoisotopic (exact) mass is 629 g/mol. The molecule has 1 aliphatic carbocycles. The largest absolute Gasteiger partial charge is 0.317 e. The molecule has 232 valence electrons. The average molecular weight is 630 g/mol. The Bertz CT molecular complexity index is 2630. The van der Waals surface area contributed by atoms with Crippen LogP contribution in [0, 0.1) is 5.41 Å². The zero-order valence-corrected chi connectivity index (χ0v) is 26.9. The zero-order chi connectivity index (χ0) is 33.1. The maximum absolute atomic E-state index is 9.55. The maximum Gasteiger partial charge on any atom is 0.0972 e. The van der Waals surface area contributed by atoms with Crippen molar-refractivity contribution in [3.63, 3.8) is 0 Å². The Hall–Kier alpha value is -6.30. The predicted molar refractivity (Wildman–Crippen MR) is 202 cm³/mol. The molecule has 0 fully saturated rings. The van der Waals surface area contributed by atoms with Crippen LogP contribution >= 0.6 is 0 Å². The number of nitrogens with zero attached hydrogens (tertiary/aromatic N) is 3. The van der Waals surface area contributed by atoms with Crippen LogP contribution in [-0.2, 0) is 0 Å². The molecule has 0 aliphatic heterocycles. The molecule has 1 unspecified atom stereocenters. The van der Waals surface area contributed by atoms with Crippen molar-refractivity contribution in [2.75, 3.05) is 0 Å². The molecular weight excluding hydrogens is 599 g/mol. The van der Waals surface area contributed by atoms with E-state index in [0.717, 1.165) is 88.7 Å². The van der Waals surface area contributed by atoms with Crippen LogP contribution in [0.4, 0.5) is 0 Å². The Morgan fingerprint density at radius 1 is 0.551 bits per heavy atom. The molecule has 0 saturated carbocycles. The van der Waals surface area contributed by atoms with E-state index in [4.69, 9.17) is 20.7 Å². The highest BCUT2D eigenvalue weighted by Gasteiger charge is 2.38. The molecule has 5 aromatic carbocycles. The third kappa shape index (κ3) is 4.74. The maximum atomic E-state index is 9.55. The summed E-state index contributed by atoms with van der Waals surface area (Å²) < 4.78 is 0. The van der Waals surface area contributed by atoms with Gasteiger partial charge in [-0.25, -0.2) is 15.0 Å². The number of nitrogens with one attached hydrogen (secondary N) is 1. The van der Waals surface area contributed by atoms with Crippen LogP contribution in [0.15, 0.2) is 146 Å². The van der Waals surface area contributed by atoms with Gasteiger partial charge in [-0.1, -0.05) is 127 Å². The van der Waals surface area contributed by atoms with Crippen LogP contribution in [0.3, 0.4) is 0 Å². The number of pyridine rings is 3. The van der Waals surface area contributed by atoms with Crippen LogP contribution in [0.2, 0.25) is 0 Å². The first-order valence-corrected chi connectivity index (χ1v) is 16.4. The van der Waals surface area contributed by atoms with E-state index < -0.39 is 5.54 Å². The molecule has 1 atom stereocenters. The van der Waals surface area contributed by atoms with Crippen molar-refractivity contribution in [2.24, 2.45) is 5.73 Å². The molecule has 3 N–H and O–H groups in total. The minimum absolute atomic E-state index is 0.372. The fraction of sp³-hybridized carbons (Fsp3) is 0.0455. The number of hydrogen-bond acceptors (Lipinski definition) is 5. The van der Waals surface area contributed by atoms with Crippen molar-refractivity contribution in [1.82, 2.24) is 15.0 Å². The van der Waals surface area contributed by atoms with Gasteiger partial charge in [0.1, 0.15) is 0 Å². The highest BCUT2D eigenvalue weighted by atomic mass is 14.8. The lowest BCUT2D eigenvalue weighted by molar-refractivity contribution is 0.798. The van der Waals surface area contributed by atoms with Crippen molar-refractivity contribution in [1.29, 1.82) is 5.41 Å². The fourth-order valence-electron chi connectivity index (χ4n) is 7.05. The minimum atomic E-state index is -0.998. The Labute approximate surface area is 284 Å². The third-order valence-electron chi connectivity index (χ3n) is 9.66. The highest BCUT2D eigenvalue weighted by Crippen LogP contribution is 2.43. The number of benzene rings is 5. The minimum Gasteiger partial charge on any atom is -0.317 e. The predicted octanol–water partition coefficient (Wildman–Crippen LogP) is 9.97. The normalized spacial score (nSPS) is 15.8. The first kappa shape index (κ1) is 28.9. The standard InChI is InChI=1S/C44H31N5/c1-44(46)35(27-11-5-2-6-12-27)26-34-39(43(44)45)33-22-19-32(25-38(33)49-40(34)29-15-9-4-10-16-29)37-24-21-31-18-17-30-20-23-36(28-13-7-3-8-14-28)47-41(30)42(31)48-37/h2-26,45H,46H2,1H3. The summed E-state index contributed by atoms with van der Waals surface area (Å²) >= 11 is 0. The van der Waals surface area contributed by atoms with Gasteiger partial charge in [-0.2, -0.15) is 0 Å². The molecule has 0 amide bonds. The first-order valence-electron chi connectivity index (χ1n) is 16.4. The molecule has 5 nitrogen and oxygen atoms in total. The number of aromatic nitrogens is 3. The molecule has 3 heterocycles. The third-order valence-corrected chi connectivity index (χ3v) is 9.66. The van der Waals surface area contributed by atoms with Crippen LogP contribution < -0.4 is 5.73 Å². The second-order valence-electron chi connectivity index (χ2n) is 12.8. The van der Waals surface area contributed by atoms with Crippen LogP contribution in [0.25, 0.3) is 78.1 Å². The van der Waals surface area contributed by atoms with Gasteiger partial charge >= 0.3 is 0 Å². The van der Waals surface area contributed by atoms with Gasteiger partial charge in [-0.05, 0) is 42.3 Å². The zero-order valence-electron chi connectivity index (χ0n) is 26.9. The summed E-state index contributed by atoms with van der Waals surface area (Å²) in [4.78, 5) is 15.6. The summed E-state index contributed by atoms with van der Waals surface area (Å²) in [7, 11) is 0. The van der Waals surface area contributed by atoms with Gasteiger partial charge in [0, 0.05) is 44.0 Å². The molecule has 49 heavy (non-hydrogen) atoms. The molecular formula is C44H31N5. The number of rotatable bonds is 4. The molecule has 0 saturated heterocycles. The summed E-state index contributed by atoms with van der Waals surface area (Å²) in [5.74, 6) is 0. The van der Waals surface area contributed by atoms with Gasteiger partial charge in [0.15, 0.2) is 0 Å². The molecule has 0 bridgehead atoms. The van der Waals surface area contributed by atoms with E-state index in [1.165, 1.54) is 0 Å². The van der Waals surface area contributed by atoms with Crippen LogP contribution in [0.5, 0.6) is 0 Å². The van der Waals surface area contributed by atoms with E-state index in [1.54, 1.807) is 0 Å². The smallest absolute Gasteiger partial charge is 0.0972 e. The van der Waals surface area contributed by atoms with Gasteiger partial charge in [-0.15, -0.1) is 0 Å². The summed E-state index contributed by atoms with van der Waals surface area (Å²) in [5, 5.41) is 12.5. The van der Waals surface area contributed by atoms with Gasteiger partial charge in [-0.3, -0.25) is 0 Å². The molecule has 8 aromatic rings. The average Bonchev–Trinajstić information content (AvgIpc) is 3.16. The van der Waals surface area contributed by atoms with E-state index >= 15 is 0 Å². The number of fused-ring (bicyclic) bond motifs is 6. The second-order valence-corrected chi connectivity index (χ2v) is 12.8. The SMILES string of the molecule is CC1(N)C(=N)c2c(c(-c3ccccc3)nc3cc(-c4ccc5ccc6ccc(-c7ccccc7)nc6c5n4)ccc23)C=C1c1ccccc1. The van der Waals surface area contributed by atoms with Crippen LogP contribution in [-0.4, -0.2) is 26.2 Å². The molecule has 9 rings (SSSR count). The fourth-order valence-corrected chi connectivity index (χ4v) is 7.05. The Morgan fingerprint density at radius 3 is 1.69 bits per heavy atom. The van der Waals surface area contributed by atoms with E-state index in [9.17, 15) is 5.41 Å². The summed E-state index contributed by atoms with van der Waals surface area (Å²) in [5.41, 5.74) is 18.1. The van der Waals surface area contributed by atoms with Gasteiger partial charge in [0.05, 0.1) is 44.9 Å². The second kappa shape index (κ2) is 11.2. The Morgan fingerprint density at radius 2 is 1.08 bits per heavy atom. The quantitative estimate of drug-likeness (QED) is 0.190. The molecule has 5 heteroatoms. The Kier molecular flexibility index (Phi) is 6.57. The lowest BCUT2D eigenvalue weighted by Gasteiger charge is -2.35. The van der Waals surface area contributed by atoms with Crippen molar-refractivity contribution < 1.29 is 0 Å². The lowest BCUT2D eigenvalue weighted by atomic mass is 9.73. The summed E-state index contributed by atoms with van der Waals surface area (Å²) in [6, 6.07) is 49.3. The summed E-state index contributed by atoms with van der Waals surface area (Å²) in [6.07, 6.45) is 2.14. The lowest BCUT2D eigenvalue weighted by Crippen LogP contribution is -2.48. The highest BCUT2D eigenvalue weighted by molar-refractivity contribution is 6.26. The number of nitrogens with two attached hydrogens (primary N) is 1. The Balaban J connectivity index is 1.25. The van der Waals surface area contributed by atoms with Crippen LogP contribution in [0.1, 0.15) is 23.6 Å². The van der Waals surface area contributed by atoms with Crippen molar-refractivity contribution >= 4 is 50.1 Å². The van der Waals surface area contributed by atoms with Crippen molar-refractivity contribution in [3.05, 3.63) is 162 Å². The molecule has 0 radical (unpaired) electrons. The molecule has 3 aromatic heterocycles. The van der Waals surface area contributed by atoms with Gasteiger partial charge in [0.2, 0.25) is 0 Å². The van der Waals surface area contributed by atoms with Crippen molar-refractivity contribution in [2.45, 2.75) is 12.5 Å². The van der Waals surface area contributed by atoms with E-state index in [1.807, 2.05) is 61.5 Å². The van der Waals surface area contributed by atoms with E-state index in [0.29, 0.717) is 5.71 Å². The van der Waals surface area contributed by atoms with Crippen molar-refractivity contribution in [3.8, 4) is 33.8 Å². The first-order chi connectivity index (χ1) is 24.0.